The van der Waals surface area contributed by atoms with E-state index < -0.39 is 5.97 Å². The summed E-state index contributed by atoms with van der Waals surface area (Å²) >= 11 is 5.87. The van der Waals surface area contributed by atoms with Crippen molar-refractivity contribution in [2.24, 2.45) is 5.92 Å². The monoisotopic (exact) mass is 243 g/mol. The maximum absolute atomic E-state index is 10.7. The Kier molecular flexibility index (Phi) is 4.12. The van der Waals surface area contributed by atoms with Crippen molar-refractivity contribution in [1.82, 2.24) is 4.98 Å². The van der Waals surface area contributed by atoms with E-state index in [0.717, 1.165) is 0 Å². The van der Waals surface area contributed by atoms with Crippen LogP contribution in [-0.4, -0.2) is 22.2 Å². The molecular formula is C11H14ClNO3. The van der Waals surface area contributed by atoms with Crippen molar-refractivity contribution in [1.29, 1.82) is 0 Å². The SMILES string of the molecule is CC(C)C(C)Oc1ncc(C(=O)O)cc1Cl. The Morgan fingerprint density at radius 2 is 2.12 bits per heavy atom. The first-order valence-electron chi connectivity index (χ1n) is 4.97. The molecule has 1 N–H and O–H groups in total. The summed E-state index contributed by atoms with van der Waals surface area (Å²) in [5, 5.41) is 8.95. The van der Waals surface area contributed by atoms with E-state index >= 15 is 0 Å². The van der Waals surface area contributed by atoms with Crippen molar-refractivity contribution < 1.29 is 14.6 Å². The summed E-state index contributed by atoms with van der Waals surface area (Å²) < 4.78 is 5.51. The summed E-state index contributed by atoms with van der Waals surface area (Å²) in [6, 6.07) is 1.33. The number of nitrogens with zero attached hydrogens (tertiary/aromatic N) is 1. The van der Waals surface area contributed by atoms with Gasteiger partial charge in [0.05, 0.1) is 11.7 Å². The predicted octanol–water partition coefficient (Wildman–Crippen LogP) is 2.86. The first-order valence-corrected chi connectivity index (χ1v) is 5.35. The highest BCUT2D eigenvalue weighted by atomic mass is 35.5. The highest BCUT2D eigenvalue weighted by molar-refractivity contribution is 6.32. The van der Waals surface area contributed by atoms with Crippen LogP contribution in [0.5, 0.6) is 5.88 Å². The van der Waals surface area contributed by atoms with Crippen molar-refractivity contribution >= 4 is 17.6 Å². The van der Waals surface area contributed by atoms with Crippen LogP contribution in [0.3, 0.4) is 0 Å². The summed E-state index contributed by atoms with van der Waals surface area (Å²) in [5.74, 6) is -0.456. The standard InChI is InChI=1S/C11H14ClNO3/c1-6(2)7(3)16-10-9(12)4-8(5-13-10)11(14)15/h4-7H,1-3H3,(H,14,15). The molecule has 0 bridgehead atoms. The quantitative estimate of drug-likeness (QED) is 0.883. The lowest BCUT2D eigenvalue weighted by Gasteiger charge is -2.17. The van der Waals surface area contributed by atoms with E-state index in [2.05, 4.69) is 4.98 Å². The van der Waals surface area contributed by atoms with Crippen LogP contribution in [0.15, 0.2) is 12.3 Å². The number of rotatable bonds is 4. The fourth-order valence-corrected chi connectivity index (χ4v) is 1.15. The van der Waals surface area contributed by atoms with Gasteiger partial charge in [0.1, 0.15) is 5.02 Å². The molecule has 0 aliphatic heterocycles. The number of carboxylic acids is 1. The lowest BCUT2D eigenvalue weighted by molar-refractivity contribution is 0.0696. The molecule has 88 valence electrons. The molecule has 1 atom stereocenters. The molecule has 4 nitrogen and oxygen atoms in total. The van der Waals surface area contributed by atoms with E-state index in [4.69, 9.17) is 21.4 Å². The van der Waals surface area contributed by atoms with Crippen LogP contribution < -0.4 is 4.74 Å². The smallest absolute Gasteiger partial charge is 0.337 e. The van der Waals surface area contributed by atoms with Crippen LogP contribution in [0.4, 0.5) is 0 Å². The van der Waals surface area contributed by atoms with E-state index in [-0.39, 0.29) is 22.6 Å². The van der Waals surface area contributed by atoms with Gasteiger partial charge in [-0.25, -0.2) is 9.78 Å². The average molecular weight is 244 g/mol. The Balaban J connectivity index is 2.87. The molecule has 0 aromatic carbocycles. The average Bonchev–Trinajstić information content (AvgIpc) is 2.20. The molecule has 0 radical (unpaired) electrons. The summed E-state index contributed by atoms with van der Waals surface area (Å²) in [7, 11) is 0. The molecule has 1 unspecified atom stereocenters. The number of aromatic carboxylic acids is 1. The van der Waals surface area contributed by atoms with Crippen LogP contribution in [0.2, 0.25) is 5.02 Å². The predicted molar refractivity (Wildman–Crippen MR) is 61.1 cm³/mol. The zero-order valence-electron chi connectivity index (χ0n) is 9.40. The third-order valence-corrected chi connectivity index (χ3v) is 2.56. The van der Waals surface area contributed by atoms with Crippen LogP contribution in [0.25, 0.3) is 0 Å². The van der Waals surface area contributed by atoms with Crippen molar-refractivity contribution in [3.63, 3.8) is 0 Å². The Bertz CT molecular complexity index is 393. The molecule has 0 amide bonds. The summed E-state index contributed by atoms with van der Waals surface area (Å²) in [5.41, 5.74) is 0.0505. The van der Waals surface area contributed by atoms with Crippen LogP contribution >= 0.6 is 11.6 Å². The number of hydrogen-bond acceptors (Lipinski definition) is 3. The molecule has 1 rings (SSSR count). The number of ether oxygens (including phenoxy) is 1. The minimum atomic E-state index is -1.06. The Hall–Kier alpha value is -1.29. The Morgan fingerprint density at radius 1 is 1.50 bits per heavy atom. The molecule has 0 fully saturated rings. The van der Waals surface area contributed by atoms with Gasteiger partial charge in [-0.1, -0.05) is 25.4 Å². The van der Waals surface area contributed by atoms with Gasteiger partial charge in [0.2, 0.25) is 5.88 Å². The number of carboxylic acid groups (broad SMARTS) is 1. The lowest BCUT2D eigenvalue weighted by atomic mass is 10.1. The second kappa shape index (κ2) is 5.16. The minimum absolute atomic E-state index is 0.0271. The lowest BCUT2D eigenvalue weighted by Crippen LogP contribution is -2.19. The van der Waals surface area contributed by atoms with E-state index in [1.54, 1.807) is 0 Å². The van der Waals surface area contributed by atoms with Gasteiger partial charge in [-0.2, -0.15) is 0 Å². The highest BCUT2D eigenvalue weighted by Crippen LogP contribution is 2.24. The number of carbonyl (C=O) groups is 1. The number of halogens is 1. The van der Waals surface area contributed by atoms with E-state index in [9.17, 15) is 4.79 Å². The summed E-state index contributed by atoms with van der Waals surface area (Å²) in [4.78, 5) is 14.5. The minimum Gasteiger partial charge on any atom is -0.478 e. The molecule has 1 heterocycles. The van der Waals surface area contributed by atoms with Gasteiger partial charge in [0, 0.05) is 6.20 Å². The number of hydrogen-bond donors (Lipinski definition) is 1. The number of aromatic nitrogens is 1. The molecule has 0 aliphatic rings. The third kappa shape index (κ3) is 3.10. The second-order valence-corrected chi connectivity index (χ2v) is 4.29. The van der Waals surface area contributed by atoms with Gasteiger partial charge >= 0.3 is 5.97 Å². The largest absolute Gasteiger partial charge is 0.478 e. The van der Waals surface area contributed by atoms with Crippen molar-refractivity contribution in [2.45, 2.75) is 26.9 Å². The number of pyridine rings is 1. The molecule has 0 spiro atoms. The molecular weight excluding hydrogens is 230 g/mol. The van der Waals surface area contributed by atoms with Gasteiger partial charge in [-0.3, -0.25) is 0 Å². The molecule has 0 saturated carbocycles. The highest BCUT2D eigenvalue weighted by Gasteiger charge is 2.14. The maximum atomic E-state index is 10.7. The molecule has 0 saturated heterocycles. The topological polar surface area (TPSA) is 59.4 Å². The van der Waals surface area contributed by atoms with Crippen LogP contribution in [-0.2, 0) is 0 Å². The van der Waals surface area contributed by atoms with Gasteiger partial charge < -0.3 is 9.84 Å². The first-order chi connectivity index (χ1) is 7.41. The van der Waals surface area contributed by atoms with Crippen molar-refractivity contribution in [3.05, 3.63) is 22.8 Å². The molecule has 5 heteroatoms. The zero-order valence-corrected chi connectivity index (χ0v) is 10.2. The van der Waals surface area contributed by atoms with Gasteiger partial charge in [-0.15, -0.1) is 0 Å². The summed E-state index contributed by atoms with van der Waals surface area (Å²) in [6.07, 6.45) is 1.21. The third-order valence-electron chi connectivity index (χ3n) is 2.29. The normalized spacial score (nSPS) is 12.6. The van der Waals surface area contributed by atoms with Crippen molar-refractivity contribution in [2.75, 3.05) is 0 Å². The fourth-order valence-electron chi connectivity index (χ4n) is 0.941. The fraction of sp³-hybridized carbons (Fsp3) is 0.455. The van der Waals surface area contributed by atoms with Gasteiger partial charge in [0.15, 0.2) is 0 Å². The Labute approximate surface area is 99.2 Å². The van der Waals surface area contributed by atoms with E-state index in [0.29, 0.717) is 5.92 Å². The first kappa shape index (κ1) is 12.8. The van der Waals surface area contributed by atoms with Gasteiger partial charge in [0.25, 0.3) is 0 Å². The maximum Gasteiger partial charge on any atom is 0.337 e. The van der Waals surface area contributed by atoms with E-state index in [1.165, 1.54) is 12.3 Å². The van der Waals surface area contributed by atoms with Gasteiger partial charge in [-0.05, 0) is 18.9 Å². The van der Waals surface area contributed by atoms with Crippen molar-refractivity contribution in [3.8, 4) is 5.88 Å². The molecule has 1 aromatic rings. The van der Waals surface area contributed by atoms with E-state index in [1.807, 2.05) is 20.8 Å². The van der Waals surface area contributed by atoms with Crippen LogP contribution in [0, 0.1) is 5.92 Å². The molecule has 0 aliphatic carbocycles. The second-order valence-electron chi connectivity index (χ2n) is 3.88. The Morgan fingerprint density at radius 3 is 2.56 bits per heavy atom. The summed E-state index contributed by atoms with van der Waals surface area (Å²) in [6.45, 7) is 5.95. The zero-order chi connectivity index (χ0) is 12.3. The van der Waals surface area contributed by atoms with Crippen LogP contribution in [0.1, 0.15) is 31.1 Å². The molecule has 1 aromatic heterocycles. The molecule has 16 heavy (non-hydrogen) atoms.